The standard InChI is InChI=1S/C12H18INO3/c1-12(2,3)17-11(16)14-9-6-7(10(14)15)4-5-8(9)13/h7-9H,4-6H2,1-3H3/t7-,8+,9-/m1/s1. The summed E-state index contributed by atoms with van der Waals surface area (Å²) >= 11 is 2.34. The van der Waals surface area contributed by atoms with E-state index in [0.29, 0.717) is 3.92 Å². The van der Waals surface area contributed by atoms with Crippen molar-refractivity contribution < 1.29 is 14.3 Å². The number of amides is 2. The van der Waals surface area contributed by atoms with Gasteiger partial charge in [-0.3, -0.25) is 4.79 Å². The molecule has 3 atom stereocenters. The lowest BCUT2D eigenvalue weighted by molar-refractivity contribution is -0.130. The number of ether oxygens (including phenoxy) is 1. The third-order valence-corrected chi connectivity index (χ3v) is 4.70. The molecule has 0 aromatic rings. The van der Waals surface area contributed by atoms with E-state index in [1.165, 1.54) is 4.90 Å². The predicted octanol–water partition coefficient (Wildman–Crippen LogP) is 2.74. The first kappa shape index (κ1) is 13.1. The van der Waals surface area contributed by atoms with Crippen LogP contribution in [-0.4, -0.2) is 32.5 Å². The number of carbonyl (C=O) groups is 2. The molecule has 17 heavy (non-hydrogen) atoms. The van der Waals surface area contributed by atoms with Gasteiger partial charge in [0.15, 0.2) is 0 Å². The number of imide groups is 1. The lowest BCUT2D eigenvalue weighted by Gasteiger charge is -2.29. The molecule has 1 aliphatic carbocycles. The summed E-state index contributed by atoms with van der Waals surface area (Å²) in [5.41, 5.74) is -0.547. The summed E-state index contributed by atoms with van der Waals surface area (Å²) < 4.78 is 5.68. The fraction of sp³-hybridized carbons (Fsp3) is 0.833. The van der Waals surface area contributed by atoms with E-state index in [1.54, 1.807) is 0 Å². The van der Waals surface area contributed by atoms with Crippen LogP contribution in [-0.2, 0) is 9.53 Å². The van der Waals surface area contributed by atoms with Crippen molar-refractivity contribution in [3.63, 3.8) is 0 Å². The monoisotopic (exact) mass is 351 g/mol. The number of hydrogen-bond acceptors (Lipinski definition) is 3. The van der Waals surface area contributed by atoms with Gasteiger partial charge in [-0.1, -0.05) is 22.6 Å². The molecule has 0 unspecified atom stereocenters. The summed E-state index contributed by atoms with van der Waals surface area (Å²) in [4.78, 5) is 25.5. The van der Waals surface area contributed by atoms with Crippen LogP contribution in [0.3, 0.4) is 0 Å². The van der Waals surface area contributed by atoms with Crippen LogP contribution in [0.1, 0.15) is 40.0 Å². The van der Waals surface area contributed by atoms with Gasteiger partial charge in [-0.05, 0) is 40.0 Å². The average molecular weight is 351 g/mol. The minimum absolute atomic E-state index is 0.0385. The van der Waals surface area contributed by atoms with Crippen LogP contribution in [0, 0.1) is 5.92 Å². The van der Waals surface area contributed by atoms with Crippen LogP contribution in [0.2, 0.25) is 0 Å². The molecule has 4 nitrogen and oxygen atoms in total. The molecule has 0 N–H and O–H groups in total. The molecule has 0 aromatic heterocycles. The maximum atomic E-state index is 12.1. The van der Waals surface area contributed by atoms with Crippen molar-refractivity contribution in [1.82, 2.24) is 4.90 Å². The van der Waals surface area contributed by atoms with Crippen molar-refractivity contribution in [2.24, 2.45) is 5.92 Å². The first-order valence-corrected chi connectivity index (χ1v) is 7.24. The maximum Gasteiger partial charge on any atom is 0.417 e. The molecule has 2 fully saturated rings. The summed E-state index contributed by atoms with van der Waals surface area (Å²) in [5.74, 6) is 0.00181. The molecule has 1 saturated carbocycles. The molecular weight excluding hydrogens is 333 g/mol. The molecule has 1 heterocycles. The van der Waals surface area contributed by atoms with Gasteiger partial charge in [-0.2, -0.15) is 0 Å². The maximum absolute atomic E-state index is 12.1. The third kappa shape index (κ3) is 2.58. The second-order valence-electron chi connectivity index (χ2n) is 5.78. The highest BCUT2D eigenvalue weighted by Gasteiger charge is 2.49. The van der Waals surface area contributed by atoms with Crippen LogP contribution < -0.4 is 0 Å². The van der Waals surface area contributed by atoms with Crippen molar-refractivity contribution in [2.75, 3.05) is 0 Å². The van der Waals surface area contributed by atoms with E-state index in [2.05, 4.69) is 22.6 Å². The van der Waals surface area contributed by atoms with E-state index < -0.39 is 11.7 Å². The Morgan fingerprint density at radius 2 is 2.06 bits per heavy atom. The smallest absolute Gasteiger partial charge is 0.417 e. The minimum Gasteiger partial charge on any atom is -0.443 e. The highest BCUT2D eigenvalue weighted by molar-refractivity contribution is 14.1. The van der Waals surface area contributed by atoms with Crippen molar-refractivity contribution in [1.29, 1.82) is 0 Å². The van der Waals surface area contributed by atoms with Crippen molar-refractivity contribution in [3.05, 3.63) is 0 Å². The van der Waals surface area contributed by atoms with E-state index in [-0.39, 0.29) is 17.9 Å². The minimum atomic E-state index is -0.547. The molecule has 2 aliphatic rings. The van der Waals surface area contributed by atoms with Gasteiger partial charge in [0, 0.05) is 9.84 Å². The highest BCUT2D eigenvalue weighted by Crippen LogP contribution is 2.40. The second kappa shape index (κ2) is 4.40. The quantitative estimate of drug-likeness (QED) is 0.498. The molecule has 2 amide bonds. The lowest BCUT2D eigenvalue weighted by atomic mass is 9.90. The molecule has 5 heteroatoms. The van der Waals surface area contributed by atoms with Crippen LogP contribution >= 0.6 is 22.6 Å². The molecule has 0 radical (unpaired) electrons. The van der Waals surface area contributed by atoms with Gasteiger partial charge in [0.2, 0.25) is 5.91 Å². The molecule has 2 rings (SSSR count). The second-order valence-corrected chi connectivity index (χ2v) is 7.38. The van der Waals surface area contributed by atoms with Crippen LogP contribution in [0.5, 0.6) is 0 Å². The van der Waals surface area contributed by atoms with Crippen molar-refractivity contribution in [2.45, 2.75) is 55.6 Å². The Morgan fingerprint density at radius 1 is 1.41 bits per heavy atom. The zero-order valence-corrected chi connectivity index (χ0v) is 12.6. The SMILES string of the molecule is CC(C)(C)OC(=O)N1C(=O)[C@@H]2CC[C@H](I)[C@H]1C2. The largest absolute Gasteiger partial charge is 0.443 e. The van der Waals surface area contributed by atoms with Crippen LogP contribution in [0.15, 0.2) is 0 Å². The molecule has 1 aliphatic heterocycles. The number of likely N-dealkylation sites (tertiary alicyclic amines) is 1. The Hall–Kier alpha value is -0.330. The van der Waals surface area contributed by atoms with E-state index >= 15 is 0 Å². The van der Waals surface area contributed by atoms with Gasteiger partial charge in [-0.25, -0.2) is 9.69 Å². The van der Waals surface area contributed by atoms with Crippen molar-refractivity contribution in [3.8, 4) is 0 Å². The number of halogens is 1. The van der Waals surface area contributed by atoms with Gasteiger partial charge in [0.25, 0.3) is 0 Å². The fourth-order valence-corrected chi connectivity index (χ4v) is 3.47. The topological polar surface area (TPSA) is 46.6 Å². The lowest BCUT2D eigenvalue weighted by Crippen LogP contribution is -2.45. The third-order valence-electron chi connectivity index (χ3n) is 3.24. The van der Waals surface area contributed by atoms with Crippen LogP contribution in [0.25, 0.3) is 0 Å². The van der Waals surface area contributed by atoms with E-state index in [1.807, 2.05) is 20.8 Å². The normalized spacial score (nSPS) is 32.8. The number of carbonyl (C=O) groups excluding carboxylic acids is 2. The van der Waals surface area contributed by atoms with Gasteiger partial charge in [0.05, 0.1) is 6.04 Å². The zero-order valence-electron chi connectivity index (χ0n) is 10.4. The predicted molar refractivity (Wildman–Crippen MR) is 72.0 cm³/mol. The summed E-state index contributed by atoms with van der Waals surface area (Å²) in [6, 6.07) is 0.0386. The Balaban J connectivity index is 2.15. The molecule has 0 aromatic carbocycles. The summed E-state index contributed by atoms with van der Waals surface area (Å²) in [6.07, 6.45) is 2.26. The molecule has 1 saturated heterocycles. The zero-order chi connectivity index (χ0) is 12.8. The number of alkyl halides is 1. The van der Waals surface area contributed by atoms with Gasteiger partial charge < -0.3 is 4.74 Å². The molecule has 2 bridgehead atoms. The summed E-state index contributed by atoms with van der Waals surface area (Å²) in [5, 5.41) is 0. The first-order chi connectivity index (χ1) is 7.79. The van der Waals surface area contributed by atoms with E-state index in [9.17, 15) is 9.59 Å². The van der Waals surface area contributed by atoms with Gasteiger partial charge in [0.1, 0.15) is 5.60 Å². The van der Waals surface area contributed by atoms with Crippen LogP contribution in [0.4, 0.5) is 4.79 Å². The number of hydrogen-bond donors (Lipinski definition) is 0. The van der Waals surface area contributed by atoms with E-state index in [0.717, 1.165) is 19.3 Å². The molecular formula is C12H18INO3. The van der Waals surface area contributed by atoms with E-state index in [4.69, 9.17) is 4.74 Å². The Kier molecular flexibility index (Phi) is 3.40. The summed E-state index contributed by atoms with van der Waals surface area (Å²) in [7, 11) is 0. The average Bonchev–Trinajstić information content (AvgIpc) is 2.44. The Bertz CT molecular complexity index is 350. The number of nitrogens with zero attached hydrogens (tertiary/aromatic N) is 1. The number of rotatable bonds is 0. The van der Waals surface area contributed by atoms with Gasteiger partial charge >= 0.3 is 6.09 Å². The van der Waals surface area contributed by atoms with Crippen molar-refractivity contribution >= 4 is 34.6 Å². The fourth-order valence-electron chi connectivity index (χ4n) is 2.50. The Labute approximate surface area is 115 Å². The molecule has 0 spiro atoms. The molecule has 96 valence electrons. The Morgan fingerprint density at radius 3 is 2.65 bits per heavy atom. The first-order valence-electron chi connectivity index (χ1n) is 6.00. The van der Waals surface area contributed by atoms with Gasteiger partial charge in [-0.15, -0.1) is 0 Å². The number of fused-ring (bicyclic) bond motifs is 2. The highest BCUT2D eigenvalue weighted by atomic mass is 127. The summed E-state index contributed by atoms with van der Waals surface area (Å²) in [6.45, 7) is 5.46.